The van der Waals surface area contributed by atoms with E-state index in [0.29, 0.717) is 0 Å². The van der Waals surface area contributed by atoms with Crippen LogP contribution in [0.3, 0.4) is 0 Å². The topological polar surface area (TPSA) is 56.7 Å². The summed E-state index contributed by atoms with van der Waals surface area (Å²) >= 11 is 0. The largest absolute Gasteiger partial charge is 0.381 e. The average Bonchev–Trinajstić information content (AvgIpc) is 2.13. The molecule has 2 N–H and O–H groups in total. The maximum atomic E-state index is 11.6. The highest BCUT2D eigenvalue weighted by atomic mass is 19.3. The third kappa shape index (κ3) is 1.64. The minimum absolute atomic E-state index is 0.153. The minimum atomic E-state index is -2.42. The van der Waals surface area contributed by atoms with Crippen molar-refractivity contribution >= 4 is 5.82 Å². The van der Waals surface area contributed by atoms with Gasteiger partial charge in [0.05, 0.1) is 6.20 Å². The molecule has 4 nitrogen and oxygen atoms in total. The van der Waals surface area contributed by atoms with Crippen molar-refractivity contribution in [1.29, 1.82) is 0 Å². The second kappa shape index (κ2) is 2.59. The molecule has 0 aliphatic rings. The Balaban J connectivity index is 2.58. The summed E-state index contributed by atoms with van der Waals surface area (Å²) in [5.41, 5.74) is 5.11. The summed E-state index contributed by atoms with van der Waals surface area (Å²) < 4.78 is 24.2. The molecule has 0 aromatic carbocycles. The van der Waals surface area contributed by atoms with Crippen LogP contribution in [0, 0.1) is 0 Å². The van der Waals surface area contributed by atoms with Crippen molar-refractivity contribution < 1.29 is 8.78 Å². The van der Waals surface area contributed by atoms with Gasteiger partial charge in [-0.15, -0.1) is 5.10 Å². The van der Waals surface area contributed by atoms with Gasteiger partial charge in [-0.3, -0.25) is 0 Å². The molecule has 0 bridgehead atoms. The van der Waals surface area contributed by atoms with Crippen LogP contribution in [-0.2, 0) is 6.54 Å². The van der Waals surface area contributed by atoms with Gasteiger partial charge in [0, 0.05) is 0 Å². The fourth-order valence-corrected chi connectivity index (χ4v) is 0.544. The van der Waals surface area contributed by atoms with Crippen LogP contribution in [0.5, 0.6) is 0 Å². The molecule has 0 spiro atoms. The standard InChI is InChI=1S/C4H6F2N4/c5-3(6)1-10-2-4(7)8-9-10/h2-3H,1,7H2. The number of hydrogen-bond acceptors (Lipinski definition) is 3. The molecule has 0 aliphatic carbocycles. The van der Waals surface area contributed by atoms with Crippen LogP contribution in [0.1, 0.15) is 0 Å². The predicted octanol–water partition coefficient (Wildman–Crippen LogP) is 0.125. The number of nitrogen functional groups attached to an aromatic ring is 1. The Bertz CT molecular complexity index is 209. The smallest absolute Gasteiger partial charge is 0.257 e. The number of hydrogen-bond donors (Lipinski definition) is 1. The summed E-state index contributed by atoms with van der Waals surface area (Å²) in [5.74, 6) is 0.153. The third-order valence-corrected chi connectivity index (χ3v) is 0.881. The molecule has 56 valence electrons. The molecule has 0 aliphatic heterocycles. The van der Waals surface area contributed by atoms with Crippen molar-refractivity contribution in [1.82, 2.24) is 15.0 Å². The first-order valence-electron chi connectivity index (χ1n) is 2.62. The van der Waals surface area contributed by atoms with Gasteiger partial charge in [-0.1, -0.05) is 5.21 Å². The molecule has 0 fully saturated rings. The van der Waals surface area contributed by atoms with E-state index in [1.165, 1.54) is 6.20 Å². The van der Waals surface area contributed by atoms with Crippen LogP contribution in [0.15, 0.2) is 6.20 Å². The number of nitrogens with two attached hydrogens (primary N) is 1. The maximum Gasteiger partial charge on any atom is 0.257 e. The van der Waals surface area contributed by atoms with Crippen molar-refractivity contribution in [3.8, 4) is 0 Å². The summed E-state index contributed by atoms with van der Waals surface area (Å²) in [6.07, 6.45) is -1.16. The molecular formula is C4H6F2N4. The SMILES string of the molecule is Nc1cn(CC(F)F)nn1. The maximum absolute atomic E-state index is 11.6. The zero-order valence-corrected chi connectivity index (χ0v) is 5.04. The first kappa shape index (κ1) is 6.91. The quantitative estimate of drug-likeness (QED) is 0.648. The summed E-state index contributed by atoms with van der Waals surface area (Å²) in [7, 11) is 0. The van der Waals surface area contributed by atoms with E-state index < -0.39 is 13.0 Å². The predicted molar refractivity (Wildman–Crippen MR) is 30.4 cm³/mol. The van der Waals surface area contributed by atoms with E-state index in [2.05, 4.69) is 10.3 Å². The van der Waals surface area contributed by atoms with Crippen LogP contribution < -0.4 is 5.73 Å². The molecule has 0 atom stereocenters. The van der Waals surface area contributed by atoms with E-state index in [1.54, 1.807) is 0 Å². The van der Waals surface area contributed by atoms with Gasteiger partial charge in [-0.05, 0) is 0 Å². The van der Waals surface area contributed by atoms with Crippen molar-refractivity contribution in [2.24, 2.45) is 0 Å². The zero-order chi connectivity index (χ0) is 7.56. The van der Waals surface area contributed by atoms with Gasteiger partial charge in [0.1, 0.15) is 6.54 Å². The zero-order valence-electron chi connectivity index (χ0n) is 5.04. The van der Waals surface area contributed by atoms with Gasteiger partial charge in [-0.2, -0.15) is 0 Å². The van der Waals surface area contributed by atoms with Crippen LogP contribution in [0.4, 0.5) is 14.6 Å². The number of rotatable bonds is 2. The number of alkyl halides is 2. The first-order valence-corrected chi connectivity index (χ1v) is 2.62. The van der Waals surface area contributed by atoms with Crippen molar-refractivity contribution in [2.75, 3.05) is 5.73 Å². The van der Waals surface area contributed by atoms with E-state index in [1.807, 2.05) is 0 Å². The van der Waals surface area contributed by atoms with Gasteiger partial charge in [-0.25, -0.2) is 13.5 Å². The van der Waals surface area contributed by atoms with E-state index >= 15 is 0 Å². The van der Waals surface area contributed by atoms with Gasteiger partial charge >= 0.3 is 0 Å². The molecule has 0 radical (unpaired) electrons. The molecule has 0 unspecified atom stereocenters. The number of nitrogens with zero attached hydrogens (tertiary/aromatic N) is 3. The van der Waals surface area contributed by atoms with Gasteiger partial charge in [0.2, 0.25) is 0 Å². The lowest BCUT2D eigenvalue weighted by atomic mass is 10.7. The van der Waals surface area contributed by atoms with Gasteiger partial charge in [0.25, 0.3) is 6.43 Å². The summed E-state index contributed by atoms with van der Waals surface area (Å²) in [5, 5.41) is 6.64. The molecule has 1 aromatic heterocycles. The molecule has 6 heteroatoms. The summed E-state index contributed by atoms with van der Waals surface area (Å²) in [6.45, 7) is -0.454. The van der Waals surface area contributed by atoms with E-state index in [0.717, 1.165) is 4.68 Å². The molecule has 10 heavy (non-hydrogen) atoms. The Hall–Kier alpha value is -1.20. The summed E-state index contributed by atoms with van der Waals surface area (Å²) in [6, 6.07) is 0. The van der Waals surface area contributed by atoms with Gasteiger partial charge < -0.3 is 5.73 Å². The first-order chi connectivity index (χ1) is 4.68. The molecule has 1 heterocycles. The van der Waals surface area contributed by atoms with Crippen LogP contribution in [-0.4, -0.2) is 21.4 Å². The average molecular weight is 148 g/mol. The van der Waals surface area contributed by atoms with E-state index in [9.17, 15) is 8.78 Å². The number of aromatic nitrogens is 3. The molecular weight excluding hydrogens is 142 g/mol. The Labute approximate surface area is 55.6 Å². The van der Waals surface area contributed by atoms with Crippen molar-refractivity contribution in [3.63, 3.8) is 0 Å². The molecule has 0 saturated heterocycles. The Morgan fingerprint density at radius 3 is 2.80 bits per heavy atom. The molecule has 0 saturated carbocycles. The highest BCUT2D eigenvalue weighted by Gasteiger charge is 2.04. The van der Waals surface area contributed by atoms with E-state index in [4.69, 9.17) is 5.73 Å². The Morgan fingerprint density at radius 1 is 1.70 bits per heavy atom. The van der Waals surface area contributed by atoms with Crippen molar-refractivity contribution in [3.05, 3.63) is 6.20 Å². The van der Waals surface area contributed by atoms with Crippen molar-refractivity contribution in [2.45, 2.75) is 13.0 Å². The van der Waals surface area contributed by atoms with E-state index in [-0.39, 0.29) is 5.82 Å². The normalized spacial score (nSPS) is 10.7. The number of anilines is 1. The molecule has 0 amide bonds. The fraction of sp³-hybridized carbons (Fsp3) is 0.500. The summed E-state index contributed by atoms with van der Waals surface area (Å²) in [4.78, 5) is 0. The van der Waals surface area contributed by atoms with Crippen LogP contribution in [0.25, 0.3) is 0 Å². The second-order valence-electron chi connectivity index (χ2n) is 1.76. The lowest BCUT2D eigenvalue weighted by Crippen LogP contribution is -2.06. The Morgan fingerprint density at radius 2 is 2.40 bits per heavy atom. The van der Waals surface area contributed by atoms with Gasteiger partial charge in [0.15, 0.2) is 5.82 Å². The third-order valence-electron chi connectivity index (χ3n) is 0.881. The highest BCUT2D eigenvalue weighted by molar-refractivity contribution is 5.19. The second-order valence-corrected chi connectivity index (χ2v) is 1.76. The lowest BCUT2D eigenvalue weighted by molar-refractivity contribution is 0.121. The van der Waals surface area contributed by atoms with Crippen LogP contribution in [0.2, 0.25) is 0 Å². The molecule has 1 aromatic rings. The lowest BCUT2D eigenvalue weighted by Gasteiger charge is -1.95. The minimum Gasteiger partial charge on any atom is -0.381 e. The fourth-order valence-electron chi connectivity index (χ4n) is 0.544. The molecule has 1 rings (SSSR count). The monoisotopic (exact) mass is 148 g/mol. The Kier molecular flexibility index (Phi) is 1.79. The highest BCUT2D eigenvalue weighted by Crippen LogP contribution is 1.98. The number of halogens is 2. The van der Waals surface area contributed by atoms with Crippen LogP contribution >= 0.6 is 0 Å².